The average molecular weight is 226 g/mol. The smallest absolute Gasteiger partial charge is 0.243 e. The summed E-state index contributed by atoms with van der Waals surface area (Å²) in [5.74, 6) is 0. The maximum Gasteiger partial charge on any atom is 0.243 e. The predicted molar refractivity (Wildman–Crippen MR) is 58.8 cm³/mol. The number of nitrogen functional groups attached to an aromatic ring is 1. The topological polar surface area (TPSA) is 63.4 Å². The number of anilines is 1. The van der Waals surface area contributed by atoms with Gasteiger partial charge in [0.25, 0.3) is 0 Å². The minimum atomic E-state index is -3.31. The number of rotatable bonds is 2. The molecule has 0 spiro atoms. The minimum Gasteiger partial charge on any atom is -0.399 e. The Hall–Kier alpha value is -1.07. The highest BCUT2D eigenvalue weighted by molar-refractivity contribution is 7.89. The maximum absolute atomic E-state index is 12.1. The van der Waals surface area contributed by atoms with Crippen molar-refractivity contribution in [1.29, 1.82) is 0 Å². The highest BCUT2D eigenvalue weighted by atomic mass is 32.2. The summed E-state index contributed by atoms with van der Waals surface area (Å²) < 4.78 is 25.6. The van der Waals surface area contributed by atoms with Gasteiger partial charge in [-0.15, -0.1) is 0 Å². The van der Waals surface area contributed by atoms with Crippen LogP contribution < -0.4 is 5.73 Å². The maximum atomic E-state index is 12.1. The van der Waals surface area contributed by atoms with Crippen molar-refractivity contribution in [2.75, 3.05) is 18.8 Å². The molecular weight excluding hydrogens is 212 g/mol. The first kappa shape index (κ1) is 10.4. The van der Waals surface area contributed by atoms with Crippen LogP contribution in [0.3, 0.4) is 0 Å². The Labute approximate surface area is 89.7 Å². The Morgan fingerprint density at radius 1 is 1.20 bits per heavy atom. The van der Waals surface area contributed by atoms with Crippen molar-refractivity contribution >= 4 is 15.7 Å². The quantitative estimate of drug-likeness (QED) is 0.767. The highest BCUT2D eigenvalue weighted by Gasteiger charge is 2.26. The first-order valence-corrected chi connectivity index (χ1v) is 6.40. The molecule has 1 heterocycles. The van der Waals surface area contributed by atoms with Gasteiger partial charge in [0.2, 0.25) is 10.0 Å². The van der Waals surface area contributed by atoms with Gasteiger partial charge in [-0.3, -0.25) is 0 Å². The molecule has 0 atom stereocenters. The van der Waals surface area contributed by atoms with Crippen LogP contribution in [0.4, 0.5) is 5.69 Å². The summed E-state index contributed by atoms with van der Waals surface area (Å²) in [6.45, 7) is 1.24. The first-order valence-electron chi connectivity index (χ1n) is 4.96. The fraction of sp³-hybridized carbons (Fsp3) is 0.400. The number of benzene rings is 1. The molecule has 1 aliphatic rings. The summed E-state index contributed by atoms with van der Waals surface area (Å²) in [4.78, 5) is 0.296. The molecule has 1 saturated heterocycles. The second kappa shape index (κ2) is 3.83. The number of hydrogen-bond donors (Lipinski definition) is 1. The molecule has 0 saturated carbocycles. The summed E-state index contributed by atoms with van der Waals surface area (Å²) in [6.07, 6.45) is 1.89. The number of hydrogen-bond acceptors (Lipinski definition) is 3. The first-order chi connectivity index (χ1) is 7.10. The summed E-state index contributed by atoms with van der Waals surface area (Å²) in [7, 11) is -3.31. The molecular formula is C10H14N2O2S. The van der Waals surface area contributed by atoms with Gasteiger partial charge in [-0.2, -0.15) is 4.31 Å². The molecule has 1 aromatic carbocycles. The van der Waals surface area contributed by atoms with Gasteiger partial charge in [0.15, 0.2) is 0 Å². The second-order valence-electron chi connectivity index (χ2n) is 3.68. The molecule has 4 nitrogen and oxygen atoms in total. The molecule has 0 unspecified atom stereocenters. The van der Waals surface area contributed by atoms with E-state index in [1.807, 2.05) is 0 Å². The Balaban J connectivity index is 2.36. The molecule has 0 aliphatic carbocycles. The van der Waals surface area contributed by atoms with Crippen LogP contribution >= 0.6 is 0 Å². The van der Waals surface area contributed by atoms with Crippen molar-refractivity contribution in [3.05, 3.63) is 24.3 Å². The Morgan fingerprint density at radius 2 is 1.87 bits per heavy atom. The largest absolute Gasteiger partial charge is 0.399 e. The van der Waals surface area contributed by atoms with Gasteiger partial charge in [-0.1, -0.05) is 6.07 Å². The summed E-state index contributed by atoms with van der Waals surface area (Å²) >= 11 is 0. The van der Waals surface area contributed by atoms with Gasteiger partial charge in [-0.05, 0) is 31.0 Å². The van der Waals surface area contributed by atoms with Gasteiger partial charge >= 0.3 is 0 Å². The zero-order valence-electron chi connectivity index (χ0n) is 8.39. The van der Waals surface area contributed by atoms with E-state index in [0.717, 1.165) is 12.8 Å². The third-order valence-electron chi connectivity index (χ3n) is 2.56. The van der Waals surface area contributed by atoms with Crippen LogP contribution in [0.1, 0.15) is 12.8 Å². The second-order valence-corrected chi connectivity index (χ2v) is 5.62. The molecule has 0 amide bonds. The molecule has 0 radical (unpaired) electrons. The molecule has 0 bridgehead atoms. The lowest BCUT2D eigenvalue weighted by atomic mass is 10.3. The zero-order chi connectivity index (χ0) is 10.9. The zero-order valence-corrected chi connectivity index (χ0v) is 9.20. The average Bonchev–Trinajstić information content (AvgIpc) is 2.71. The molecule has 1 aromatic rings. The van der Waals surface area contributed by atoms with E-state index < -0.39 is 10.0 Å². The van der Waals surface area contributed by atoms with Crippen molar-refractivity contribution in [2.24, 2.45) is 0 Å². The van der Waals surface area contributed by atoms with Gasteiger partial charge in [-0.25, -0.2) is 8.42 Å². The molecule has 15 heavy (non-hydrogen) atoms. The van der Waals surface area contributed by atoms with Crippen molar-refractivity contribution in [3.63, 3.8) is 0 Å². The van der Waals surface area contributed by atoms with Gasteiger partial charge in [0, 0.05) is 18.8 Å². The van der Waals surface area contributed by atoms with Gasteiger partial charge < -0.3 is 5.73 Å². The molecule has 0 aromatic heterocycles. The van der Waals surface area contributed by atoms with Crippen molar-refractivity contribution in [1.82, 2.24) is 4.31 Å². The van der Waals surface area contributed by atoms with E-state index in [1.165, 1.54) is 10.4 Å². The predicted octanol–water partition coefficient (Wildman–Crippen LogP) is 1.05. The van der Waals surface area contributed by atoms with Crippen LogP contribution in [-0.4, -0.2) is 25.8 Å². The lowest BCUT2D eigenvalue weighted by Crippen LogP contribution is -2.27. The third-order valence-corrected chi connectivity index (χ3v) is 4.46. The number of nitrogens with two attached hydrogens (primary N) is 1. The fourth-order valence-electron chi connectivity index (χ4n) is 1.75. The molecule has 5 heteroatoms. The van der Waals surface area contributed by atoms with Crippen molar-refractivity contribution in [3.8, 4) is 0 Å². The summed E-state index contributed by atoms with van der Waals surface area (Å²) in [5, 5.41) is 0. The standard InChI is InChI=1S/C10H14N2O2S/c11-9-4-3-5-10(8-9)15(13,14)12-6-1-2-7-12/h3-5,8H,1-2,6-7,11H2. The van der Waals surface area contributed by atoms with E-state index in [4.69, 9.17) is 5.73 Å². The van der Waals surface area contributed by atoms with Crippen LogP contribution in [0.2, 0.25) is 0 Å². The van der Waals surface area contributed by atoms with E-state index in [0.29, 0.717) is 23.7 Å². The van der Waals surface area contributed by atoms with Crippen LogP contribution in [0.5, 0.6) is 0 Å². The monoisotopic (exact) mass is 226 g/mol. The van der Waals surface area contributed by atoms with Crippen molar-refractivity contribution in [2.45, 2.75) is 17.7 Å². The van der Waals surface area contributed by atoms with E-state index in [-0.39, 0.29) is 0 Å². The van der Waals surface area contributed by atoms with Crippen LogP contribution in [0.15, 0.2) is 29.2 Å². The summed E-state index contributed by atoms with van der Waals surface area (Å²) in [6, 6.07) is 6.44. The number of nitrogens with zero attached hydrogens (tertiary/aromatic N) is 1. The van der Waals surface area contributed by atoms with Crippen LogP contribution in [0, 0.1) is 0 Å². The lowest BCUT2D eigenvalue weighted by molar-refractivity contribution is 0.477. The van der Waals surface area contributed by atoms with Crippen LogP contribution in [-0.2, 0) is 10.0 Å². The summed E-state index contributed by atoms with van der Waals surface area (Å²) in [5.41, 5.74) is 6.05. The highest BCUT2D eigenvalue weighted by Crippen LogP contribution is 2.21. The third kappa shape index (κ3) is 1.98. The fourth-order valence-corrected chi connectivity index (χ4v) is 3.33. The van der Waals surface area contributed by atoms with E-state index in [1.54, 1.807) is 18.2 Å². The van der Waals surface area contributed by atoms with E-state index in [9.17, 15) is 8.42 Å². The molecule has 82 valence electrons. The van der Waals surface area contributed by atoms with E-state index in [2.05, 4.69) is 0 Å². The minimum absolute atomic E-state index is 0.296. The van der Waals surface area contributed by atoms with Gasteiger partial charge in [0.1, 0.15) is 0 Å². The van der Waals surface area contributed by atoms with Crippen LogP contribution in [0.25, 0.3) is 0 Å². The Morgan fingerprint density at radius 3 is 2.47 bits per heavy atom. The Bertz CT molecular complexity index is 450. The molecule has 2 rings (SSSR count). The Kier molecular flexibility index (Phi) is 2.67. The molecule has 1 fully saturated rings. The van der Waals surface area contributed by atoms with Gasteiger partial charge in [0.05, 0.1) is 4.90 Å². The van der Waals surface area contributed by atoms with Crippen molar-refractivity contribution < 1.29 is 8.42 Å². The normalized spacial score (nSPS) is 18.1. The SMILES string of the molecule is Nc1cccc(S(=O)(=O)N2CCCC2)c1. The number of sulfonamides is 1. The van der Waals surface area contributed by atoms with E-state index >= 15 is 0 Å². The lowest BCUT2D eigenvalue weighted by Gasteiger charge is -2.15. The molecule has 1 aliphatic heterocycles. The molecule has 2 N–H and O–H groups in total.